The number of rotatable bonds is 3. The van der Waals surface area contributed by atoms with Gasteiger partial charge in [0.15, 0.2) is 5.71 Å². The minimum absolute atomic E-state index is 1.21. The molecule has 162 valence electrons. The van der Waals surface area contributed by atoms with Crippen LogP contribution in [0.2, 0.25) is 0 Å². The second-order valence-corrected chi connectivity index (χ2v) is 9.92. The van der Waals surface area contributed by atoms with E-state index in [0.29, 0.717) is 0 Å². The number of anilines is 1. The molecule has 0 unspecified atom stereocenters. The van der Waals surface area contributed by atoms with Crippen LogP contribution in [0.3, 0.4) is 0 Å². The molecule has 1 aliphatic carbocycles. The van der Waals surface area contributed by atoms with E-state index in [4.69, 9.17) is 0 Å². The van der Waals surface area contributed by atoms with Gasteiger partial charge in [-0.2, -0.15) is 0 Å². The Morgan fingerprint density at radius 1 is 0.750 bits per heavy atom. The van der Waals surface area contributed by atoms with Gasteiger partial charge in [-0.05, 0) is 72.6 Å². The van der Waals surface area contributed by atoms with Gasteiger partial charge in [-0.15, -0.1) is 0 Å². The number of allylic oxidation sites excluding steroid dienone is 8. The number of hydrogen-bond donors (Lipinski definition) is 0. The third-order valence-corrected chi connectivity index (χ3v) is 6.83. The molecule has 0 N–H and O–H groups in total. The summed E-state index contributed by atoms with van der Waals surface area (Å²) in [4.78, 5) is 4.69. The zero-order chi connectivity index (χ0) is 22.8. The van der Waals surface area contributed by atoms with Crippen molar-refractivity contribution < 1.29 is 4.58 Å². The highest BCUT2D eigenvalue weighted by molar-refractivity contribution is 8.12. The van der Waals surface area contributed by atoms with Crippen LogP contribution in [0.1, 0.15) is 22.3 Å². The summed E-state index contributed by atoms with van der Waals surface area (Å²) in [7, 11) is 8.31. The number of aryl methyl sites for hydroxylation is 2. The van der Waals surface area contributed by atoms with Gasteiger partial charge in [0.05, 0.1) is 0 Å². The van der Waals surface area contributed by atoms with Gasteiger partial charge in [-0.1, -0.05) is 53.2 Å². The minimum atomic E-state index is 1.21. The lowest BCUT2D eigenvalue weighted by Gasteiger charge is -2.20. The second kappa shape index (κ2) is 9.22. The molecule has 0 saturated carbocycles. The Hall–Kier alpha value is -3.04. The average molecular weight is 440 g/mol. The highest BCUT2D eigenvalue weighted by Crippen LogP contribution is 2.44. The Labute approximate surface area is 196 Å². The summed E-state index contributed by atoms with van der Waals surface area (Å²) in [5, 5.41) is 0. The van der Waals surface area contributed by atoms with E-state index in [1.165, 1.54) is 54.6 Å². The molecule has 0 fully saturated rings. The number of thioether (sulfide) groups is 1. The van der Waals surface area contributed by atoms with Gasteiger partial charge in [0.2, 0.25) is 0 Å². The molecule has 2 aromatic carbocycles. The van der Waals surface area contributed by atoms with Crippen molar-refractivity contribution in [3.63, 3.8) is 0 Å². The topological polar surface area (TPSA) is 6.25 Å². The summed E-state index contributed by atoms with van der Waals surface area (Å²) in [5.74, 6) is 0. The summed E-state index contributed by atoms with van der Waals surface area (Å²) in [6.45, 7) is 4.34. The summed E-state index contributed by atoms with van der Waals surface area (Å²) < 4.78 is 2.14. The third-order valence-electron chi connectivity index (χ3n) is 5.68. The SMILES string of the molecule is Cc1cc(C)cc(C2=CC(=C3C=CC(=[N+](C)C)C=C3)SC(c3ccc(N(C)C)cc3)=C2)c1. The lowest BCUT2D eigenvalue weighted by atomic mass is 9.98. The van der Waals surface area contributed by atoms with Gasteiger partial charge >= 0.3 is 0 Å². The molecule has 3 heteroatoms. The van der Waals surface area contributed by atoms with Crippen molar-refractivity contribution in [2.24, 2.45) is 0 Å². The van der Waals surface area contributed by atoms with E-state index < -0.39 is 0 Å². The van der Waals surface area contributed by atoms with Crippen molar-refractivity contribution in [2.45, 2.75) is 13.8 Å². The predicted octanol–water partition coefficient (Wildman–Crippen LogP) is 6.63. The number of hydrogen-bond acceptors (Lipinski definition) is 2. The molecule has 1 aliphatic heterocycles. The summed E-state index contributed by atoms with van der Waals surface area (Å²) in [6.07, 6.45) is 13.5. The van der Waals surface area contributed by atoms with E-state index >= 15 is 0 Å². The Morgan fingerprint density at radius 2 is 1.38 bits per heavy atom. The van der Waals surface area contributed by atoms with Crippen molar-refractivity contribution in [3.05, 3.63) is 112 Å². The van der Waals surface area contributed by atoms with Crippen molar-refractivity contribution in [3.8, 4) is 0 Å². The van der Waals surface area contributed by atoms with Crippen molar-refractivity contribution in [2.75, 3.05) is 33.1 Å². The molecule has 0 radical (unpaired) electrons. The molecule has 1 heterocycles. The summed E-state index contributed by atoms with van der Waals surface area (Å²) in [6, 6.07) is 15.6. The van der Waals surface area contributed by atoms with Crippen LogP contribution in [0.5, 0.6) is 0 Å². The standard InChI is InChI=1S/C29H31N2S/c1-20-15-21(2)17-24(16-20)25-18-28(22-7-11-26(12-8-22)30(3)4)32-29(19-25)23-9-13-27(14-10-23)31(5)6/h7-19H,1-6H3/q+1. The Kier molecular flexibility index (Phi) is 6.38. The minimum Gasteiger partial charge on any atom is -0.378 e. The predicted molar refractivity (Wildman–Crippen MR) is 143 cm³/mol. The van der Waals surface area contributed by atoms with Crippen LogP contribution in [0.15, 0.2) is 89.4 Å². The number of benzene rings is 2. The van der Waals surface area contributed by atoms with Gasteiger partial charge in [-0.25, -0.2) is 4.58 Å². The highest BCUT2D eigenvalue weighted by Gasteiger charge is 2.17. The van der Waals surface area contributed by atoms with E-state index in [1.54, 1.807) is 0 Å². The fourth-order valence-electron chi connectivity index (χ4n) is 3.94. The molecule has 0 saturated heterocycles. The molecule has 0 amide bonds. The van der Waals surface area contributed by atoms with Crippen LogP contribution in [-0.2, 0) is 0 Å². The third kappa shape index (κ3) is 4.89. The van der Waals surface area contributed by atoms with E-state index in [9.17, 15) is 0 Å². The highest BCUT2D eigenvalue weighted by atomic mass is 32.2. The zero-order valence-corrected chi connectivity index (χ0v) is 20.6. The summed E-state index contributed by atoms with van der Waals surface area (Å²) in [5.41, 5.74) is 10.0. The maximum atomic E-state index is 2.33. The van der Waals surface area contributed by atoms with Gasteiger partial charge in [0.1, 0.15) is 14.1 Å². The first-order valence-corrected chi connectivity index (χ1v) is 11.7. The van der Waals surface area contributed by atoms with E-state index in [-0.39, 0.29) is 0 Å². The molecule has 32 heavy (non-hydrogen) atoms. The molecule has 4 rings (SSSR count). The van der Waals surface area contributed by atoms with Gasteiger partial charge in [0.25, 0.3) is 0 Å². The Balaban J connectivity index is 1.81. The molecular weight excluding hydrogens is 408 g/mol. The fraction of sp³-hybridized carbons (Fsp3) is 0.207. The van der Waals surface area contributed by atoms with Crippen molar-refractivity contribution in [1.29, 1.82) is 0 Å². The molecule has 0 aromatic heterocycles. The van der Waals surface area contributed by atoms with Crippen molar-refractivity contribution in [1.82, 2.24) is 0 Å². The van der Waals surface area contributed by atoms with Crippen molar-refractivity contribution >= 4 is 33.6 Å². The molecule has 0 bridgehead atoms. The molecule has 2 nitrogen and oxygen atoms in total. The maximum absolute atomic E-state index is 2.33. The maximum Gasteiger partial charge on any atom is 0.199 e. The van der Waals surface area contributed by atoms with E-state index in [2.05, 4.69) is 130 Å². The van der Waals surface area contributed by atoms with Crippen LogP contribution >= 0.6 is 11.8 Å². The lowest BCUT2D eigenvalue weighted by Crippen LogP contribution is -2.10. The largest absolute Gasteiger partial charge is 0.378 e. The monoisotopic (exact) mass is 439 g/mol. The first-order valence-electron chi connectivity index (χ1n) is 10.9. The lowest BCUT2D eigenvalue weighted by molar-refractivity contribution is -0.462. The van der Waals surface area contributed by atoms with Crippen LogP contribution in [0, 0.1) is 13.8 Å². The van der Waals surface area contributed by atoms with E-state index in [1.807, 2.05) is 11.8 Å². The van der Waals surface area contributed by atoms with Gasteiger partial charge < -0.3 is 4.90 Å². The molecule has 2 aliphatic rings. The fourth-order valence-corrected chi connectivity index (χ4v) is 5.06. The summed E-state index contributed by atoms with van der Waals surface area (Å²) >= 11 is 1.85. The normalized spacial score (nSPS) is 15.6. The Morgan fingerprint density at radius 3 is 1.94 bits per heavy atom. The van der Waals surface area contributed by atoms with E-state index in [0.717, 1.165) is 0 Å². The van der Waals surface area contributed by atoms with Crippen LogP contribution < -0.4 is 4.90 Å². The molecule has 0 atom stereocenters. The first-order chi connectivity index (χ1) is 15.3. The molecular formula is C29H31N2S+. The smallest absolute Gasteiger partial charge is 0.199 e. The second-order valence-electron chi connectivity index (χ2n) is 8.83. The zero-order valence-electron chi connectivity index (χ0n) is 19.8. The molecule has 2 aromatic rings. The Bertz CT molecular complexity index is 1190. The number of nitrogens with zero attached hydrogens (tertiary/aromatic N) is 2. The first kappa shape index (κ1) is 22.2. The molecule has 0 spiro atoms. The quantitative estimate of drug-likeness (QED) is 0.495. The van der Waals surface area contributed by atoms with Gasteiger partial charge in [-0.3, -0.25) is 0 Å². The van der Waals surface area contributed by atoms with Crippen LogP contribution in [-0.4, -0.2) is 38.5 Å². The van der Waals surface area contributed by atoms with Crippen LogP contribution in [0.25, 0.3) is 10.5 Å². The van der Waals surface area contributed by atoms with Crippen LogP contribution in [0.4, 0.5) is 5.69 Å². The average Bonchev–Trinajstić information content (AvgIpc) is 2.78. The van der Waals surface area contributed by atoms with Gasteiger partial charge in [0, 0.05) is 41.7 Å².